The van der Waals surface area contributed by atoms with E-state index in [4.69, 9.17) is 14.7 Å². The monoisotopic (exact) mass is 386 g/mol. The summed E-state index contributed by atoms with van der Waals surface area (Å²) in [6.07, 6.45) is 0.182. The zero-order valence-corrected chi connectivity index (χ0v) is 15.6. The minimum atomic E-state index is -0.560. The highest BCUT2D eigenvalue weighted by atomic mass is 32.1. The van der Waals surface area contributed by atoms with Gasteiger partial charge in [-0.25, -0.2) is 5.48 Å². The van der Waals surface area contributed by atoms with Crippen LogP contribution in [0.2, 0.25) is 0 Å². The van der Waals surface area contributed by atoms with Crippen molar-refractivity contribution >= 4 is 38.9 Å². The van der Waals surface area contributed by atoms with Crippen molar-refractivity contribution in [3.05, 3.63) is 52.9 Å². The zero-order chi connectivity index (χ0) is 19.4. The molecule has 2 aromatic carbocycles. The van der Waals surface area contributed by atoms with Crippen LogP contribution in [0, 0.1) is 0 Å². The molecule has 0 aliphatic heterocycles. The van der Waals surface area contributed by atoms with Gasteiger partial charge in [0.25, 0.3) is 5.91 Å². The first-order valence-corrected chi connectivity index (χ1v) is 8.84. The van der Waals surface area contributed by atoms with Crippen LogP contribution in [0.3, 0.4) is 0 Å². The van der Waals surface area contributed by atoms with E-state index in [2.05, 4.69) is 5.32 Å². The van der Waals surface area contributed by atoms with Crippen molar-refractivity contribution in [3.8, 4) is 11.5 Å². The predicted octanol–water partition coefficient (Wildman–Crippen LogP) is 3.22. The SMILES string of the molecule is COc1ccc(CC(=O)Nc2ccc3cc(C(=O)NO)sc3c2)cc1OC. The van der Waals surface area contributed by atoms with Crippen LogP contribution < -0.4 is 20.3 Å². The van der Waals surface area contributed by atoms with Gasteiger partial charge in [0.2, 0.25) is 5.91 Å². The number of methoxy groups -OCH3 is 2. The summed E-state index contributed by atoms with van der Waals surface area (Å²) in [5.41, 5.74) is 3.04. The molecule has 8 heteroatoms. The van der Waals surface area contributed by atoms with Crippen molar-refractivity contribution < 1.29 is 24.3 Å². The van der Waals surface area contributed by atoms with E-state index in [1.54, 1.807) is 50.0 Å². The fourth-order valence-electron chi connectivity index (χ4n) is 2.66. The van der Waals surface area contributed by atoms with Gasteiger partial charge in [0.1, 0.15) is 0 Å². The van der Waals surface area contributed by atoms with Crippen molar-refractivity contribution in [3.63, 3.8) is 0 Å². The molecule has 1 heterocycles. The molecule has 0 aliphatic rings. The molecule has 0 radical (unpaired) electrons. The number of hydrogen-bond donors (Lipinski definition) is 3. The third-order valence-electron chi connectivity index (χ3n) is 3.94. The van der Waals surface area contributed by atoms with Gasteiger partial charge >= 0.3 is 0 Å². The third-order valence-corrected chi connectivity index (χ3v) is 5.04. The molecule has 3 rings (SSSR count). The van der Waals surface area contributed by atoms with Gasteiger partial charge in [-0.2, -0.15) is 0 Å². The van der Waals surface area contributed by atoms with Gasteiger partial charge in [-0.15, -0.1) is 11.3 Å². The maximum absolute atomic E-state index is 12.4. The second-order valence-corrected chi connectivity index (χ2v) is 6.80. The molecular weight excluding hydrogens is 368 g/mol. The van der Waals surface area contributed by atoms with Crippen molar-refractivity contribution in [2.75, 3.05) is 19.5 Å². The van der Waals surface area contributed by atoms with Crippen LogP contribution in [-0.4, -0.2) is 31.2 Å². The zero-order valence-electron chi connectivity index (χ0n) is 14.7. The fourth-order valence-corrected chi connectivity index (χ4v) is 3.65. The lowest BCUT2D eigenvalue weighted by Crippen LogP contribution is -2.16. The summed E-state index contributed by atoms with van der Waals surface area (Å²) in [4.78, 5) is 24.3. The predicted molar refractivity (Wildman–Crippen MR) is 103 cm³/mol. The van der Waals surface area contributed by atoms with Gasteiger partial charge in [-0.1, -0.05) is 12.1 Å². The molecule has 0 fully saturated rings. The lowest BCUT2D eigenvalue weighted by Gasteiger charge is -2.10. The third kappa shape index (κ3) is 4.18. The first-order chi connectivity index (χ1) is 13.0. The molecule has 140 valence electrons. The molecule has 0 unspecified atom stereocenters. The standard InChI is InChI=1S/C19H18N2O5S/c1-25-14-6-3-11(7-15(14)26-2)8-18(22)20-13-5-4-12-9-17(19(23)21-24)27-16(12)10-13/h3-7,9-10,24H,8H2,1-2H3,(H,20,22)(H,21,23). The number of amides is 2. The topological polar surface area (TPSA) is 96.9 Å². The van der Waals surface area contributed by atoms with Crippen LogP contribution in [0.4, 0.5) is 5.69 Å². The Labute approximate surface area is 159 Å². The highest BCUT2D eigenvalue weighted by Crippen LogP contribution is 2.29. The van der Waals surface area contributed by atoms with Crippen LogP contribution in [0.15, 0.2) is 42.5 Å². The first-order valence-electron chi connectivity index (χ1n) is 8.03. The summed E-state index contributed by atoms with van der Waals surface area (Å²) in [6, 6.07) is 12.4. The maximum Gasteiger partial charge on any atom is 0.284 e. The minimum Gasteiger partial charge on any atom is -0.493 e. The average molecular weight is 386 g/mol. The summed E-state index contributed by atoms with van der Waals surface area (Å²) in [6.45, 7) is 0. The van der Waals surface area contributed by atoms with Gasteiger partial charge in [0, 0.05) is 10.4 Å². The molecule has 0 bridgehead atoms. The van der Waals surface area contributed by atoms with E-state index in [9.17, 15) is 9.59 Å². The number of ether oxygens (including phenoxy) is 2. The van der Waals surface area contributed by atoms with Crippen molar-refractivity contribution in [1.82, 2.24) is 5.48 Å². The lowest BCUT2D eigenvalue weighted by molar-refractivity contribution is -0.115. The molecule has 0 spiro atoms. The molecule has 0 saturated heterocycles. The average Bonchev–Trinajstić information content (AvgIpc) is 3.10. The molecule has 27 heavy (non-hydrogen) atoms. The molecule has 1 aromatic heterocycles. The molecule has 7 nitrogen and oxygen atoms in total. The van der Waals surface area contributed by atoms with E-state index < -0.39 is 5.91 Å². The Bertz CT molecular complexity index is 999. The van der Waals surface area contributed by atoms with Crippen molar-refractivity contribution in [2.45, 2.75) is 6.42 Å². The van der Waals surface area contributed by atoms with Crippen molar-refractivity contribution in [1.29, 1.82) is 0 Å². The van der Waals surface area contributed by atoms with Gasteiger partial charge in [0.15, 0.2) is 11.5 Å². The number of hydroxylamine groups is 1. The van der Waals surface area contributed by atoms with Gasteiger partial charge in [-0.05, 0) is 41.3 Å². The quantitative estimate of drug-likeness (QED) is 0.446. The lowest BCUT2D eigenvalue weighted by atomic mass is 10.1. The second-order valence-electron chi connectivity index (χ2n) is 5.72. The summed E-state index contributed by atoms with van der Waals surface area (Å²) in [5.74, 6) is 0.437. The maximum atomic E-state index is 12.4. The molecule has 3 N–H and O–H groups in total. The summed E-state index contributed by atoms with van der Waals surface area (Å²) in [5, 5.41) is 12.4. The molecule has 0 saturated carbocycles. The van der Waals surface area contributed by atoms with Crippen LogP contribution in [0.5, 0.6) is 11.5 Å². The Morgan fingerprint density at radius 1 is 1.04 bits per heavy atom. The van der Waals surface area contributed by atoms with Crippen LogP contribution >= 0.6 is 11.3 Å². The number of thiophene rings is 1. The van der Waals surface area contributed by atoms with E-state index in [1.807, 2.05) is 12.1 Å². The summed E-state index contributed by atoms with van der Waals surface area (Å²) >= 11 is 1.23. The minimum absolute atomic E-state index is 0.175. The van der Waals surface area contributed by atoms with E-state index in [0.29, 0.717) is 22.1 Å². The number of fused-ring (bicyclic) bond motifs is 1. The molecule has 2 amide bonds. The first kappa shape index (κ1) is 18.7. The Kier molecular flexibility index (Phi) is 5.58. The number of anilines is 1. The van der Waals surface area contributed by atoms with Crippen molar-refractivity contribution in [2.24, 2.45) is 0 Å². The molecule has 0 aliphatic carbocycles. The highest BCUT2D eigenvalue weighted by molar-refractivity contribution is 7.20. The molecule has 0 atom stereocenters. The number of rotatable bonds is 6. The molecule has 3 aromatic rings. The van der Waals surface area contributed by atoms with Gasteiger partial charge < -0.3 is 14.8 Å². The Balaban J connectivity index is 1.73. The number of nitrogens with one attached hydrogen (secondary N) is 2. The van der Waals surface area contributed by atoms with Crippen LogP contribution in [0.1, 0.15) is 15.2 Å². The smallest absolute Gasteiger partial charge is 0.284 e. The van der Waals surface area contributed by atoms with Gasteiger partial charge in [0.05, 0.1) is 25.5 Å². The fraction of sp³-hybridized carbons (Fsp3) is 0.158. The van der Waals surface area contributed by atoms with Crippen LogP contribution in [-0.2, 0) is 11.2 Å². The second kappa shape index (κ2) is 8.07. The summed E-state index contributed by atoms with van der Waals surface area (Å²) < 4.78 is 11.3. The number of hydrogen-bond acceptors (Lipinski definition) is 6. The largest absolute Gasteiger partial charge is 0.493 e. The Morgan fingerprint density at radius 3 is 2.52 bits per heavy atom. The van der Waals surface area contributed by atoms with E-state index in [1.165, 1.54) is 11.3 Å². The Morgan fingerprint density at radius 2 is 1.81 bits per heavy atom. The van der Waals surface area contributed by atoms with E-state index >= 15 is 0 Å². The summed E-state index contributed by atoms with van der Waals surface area (Å²) in [7, 11) is 3.10. The van der Waals surface area contributed by atoms with E-state index in [-0.39, 0.29) is 12.3 Å². The Hall–Kier alpha value is -3.10. The highest BCUT2D eigenvalue weighted by Gasteiger charge is 2.12. The van der Waals surface area contributed by atoms with E-state index in [0.717, 1.165) is 15.6 Å². The normalized spacial score (nSPS) is 10.5. The number of carbonyl (C=O) groups is 2. The van der Waals surface area contributed by atoms with Gasteiger partial charge in [-0.3, -0.25) is 14.8 Å². The number of benzene rings is 2. The number of carbonyl (C=O) groups excluding carboxylic acids is 2. The molecular formula is C19H18N2O5S. The van der Waals surface area contributed by atoms with Crippen LogP contribution in [0.25, 0.3) is 10.1 Å².